The number of carbonyl (C=O) groups is 1. The summed E-state index contributed by atoms with van der Waals surface area (Å²) < 4.78 is 1.10. The fourth-order valence-corrected chi connectivity index (χ4v) is 4.17. The molecule has 0 atom stereocenters. The van der Waals surface area contributed by atoms with E-state index in [2.05, 4.69) is 26.0 Å². The van der Waals surface area contributed by atoms with Crippen LogP contribution in [0.1, 0.15) is 32.6 Å². The largest absolute Gasteiger partial charge is 0.279 e. The molecule has 3 nitrogen and oxygen atoms in total. The summed E-state index contributed by atoms with van der Waals surface area (Å²) in [4.78, 5) is 20.0. The Bertz CT molecular complexity index is 1090. The maximum atomic E-state index is 13.4. The molecule has 0 unspecified atom stereocenters. The van der Waals surface area contributed by atoms with E-state index in [0.29, 0.717) is 12.1 Å². The number of hydrogen-bond acceptors (Lipinski definition) is 3. The number of aryl methyl sites for hydroxylation is 3. The molecule has 0 spiro atoms. The molecule has 1 aromatic heterocycles. The SMILES string of the molecule is Cc1ccc(C(=O)N(Cc2ccccc2)c2nc3cc(C)c(C)cc3s2)cc1. The van der Waals surface area contributed by atoms with Crippen LogP contribution in [0.2, 0.25) is 0 Å². The second kappa shape index (κ2) is 7.56. The topological polar surface area (TPSA) is 33.2 Å². The molecule has 4 aromatic rings. The van der Waals surface area contributed by atoms with Crippen molar-refractivity contribution >= 4 is 32.6 Å². The van der Waals surface area contributed by atoms with Crippen LogP contribution in [0.3, 0.4) is 0 Å². The highest BCUT2D eigenvalue weighted by atomic mass is 32.1. The van der Waals surface area contributed by atoms with E-state index in [1.165, 1.54) is 11.1 Å². The first-order valence-electron chi connectivity index (χ1n) is 9.31. The van der Waals surface area contributed by atoms with E-state index < -0.39 is 0 Å². The standard InChI is InChI=1S/C24H22N2OS/c1-16-9-11-20(12-10-16)23(27)26(15-19-7-5-4-6-8-19)24-25-21-13-17(2)18(3)14-22(21)28-24/h4-14H,15H2,1-3H3. The van der Waals surface area contributed by atoms with Crippen molar-refractivity contribution in [3.63, 3.8) is 0 Å². The van der Waals surface area contributed by atoms with Crippen LogP contribution in [-0.2, 0) is 6.54 Å². The second-order valence-electron chi connectivity index (χ2n) is 7.14. The third-order valence-corrected chi connectivity index (χ3v) is 5.99. The fraction of sp³-hybridized carbons (Fsp3) is 0.167. The minimum absolute atomic E-state index is 0.0312. The molecule has 0 N–H and O–H groups in total. The molecule has 0 saturated carbocycles. The van der Waals surface area contributed by atoms with E-state index in [1.54, 1.807) is 16.2 Å². The van der Waals surface area contributed by atoms with Crippen LogP contribution in [0, 0.1) is 20.8 Å². The summed E-state index contributed by atoms with van der Waals surface area (Å²) in [6, 6.07) is 22.0. The van der Waals surface area contributed by atoms with Crippen molar-refractivity contribution in [1.82, 2.24) is 4.98 Å². The molecule has 0 fully saturated rings. The lowest BCUT2D eigenvalue weighted by Gasteiger charge is -2.20. The Labute approximate surface area is 169 Å². The first-order chi connectivity index (χ1) is 13.5. The maximum Gasteiger partial charge on any atom is 0.260 e. The Morgan fingerprint density at radius 2 is 1.61 bits per heavy atom. The number of thiazole rings is 1. The van der Waals surface area contributed by atoms with Gasteiger partial charge in [-0.05, 0) is 61.7 Å². The van der Waals surface area contributed by atoms with Gasteiger partial charge in [0.25, 0.3) is 5.91 Å². The smallest absolute Gasteiger partial charge is 0.260 e. The van der Waals surface area contributed by atoms with Crippen molar-refractivity contribution in [2.75, 3.05) is 4.90 Å². The van der Waals surface area contributed by atoms with Crippen LogP contribution < -0.4 is 4.90 Å². The summed E-state index contributed by atoms with van der Waals surface area (Å²) in [7, 11) is 0. The Hall–Kier alpha value is -2.98. The Morgan fingerprint density at radius 1 is 0.929 bits per heavy atom. The Kier molecular flexibility index (Phi) is 4.97. The zero-order chi connectivity index (χ0) is 19.7. The van der Waals surface area contributed by atoms with Crippen LogP contribution in [-0.4, -0.2) is 10.9 Å². The Balaban J connectivity index is 1.78. The average Bonchev–Trinajstić information content (AvgIpc) is 3.09. The molecule has 4 rings (SSSR count). The highest BCUT2D eigenvalue weighted by Crippen LogP contribution is 2.32. The fourth-order valence-electron chi connectivity index (χ4n) is 3.13. The highest BCUT2D eigenvalue weighted by molar-refractivity contribution is 7.22. The number of carbonyl (C=O) groups excluding carboxylic acids is 1. The quantitative estimate of drug-likeness (QED) is 0.426. The maximum absolute atomic E-state index is 13.4. The third-order valence-electron chi connectivity index (χ3n) is 4.95. The molecule has 0 aliphatic carbocycles. The van der Waals surface area contributed by atoms with E-state index >= 15 is 0 Å². The zero-order valence-electron chi connectivity index (χ0n) is 16.3. The predicted octanol–water partition coefficient (Wildman–Crippen LogP) is 6.07. The molecule has 1 amide bonds. The Morgan fingerprint density at radius 3 is 2.32 bits per heavy atom. The van der Waals surface area contributed by atoms with Crippen molar-refractivity contribution in [3.8, 4) is 0 Å². The molecular formula is C24H22N2OS. The number of amides is 1. The van der Waals surface area contributed by atoms with Gasteiger partial charge in [-0.3, -0.25) is 9.69 Å². The van der Waals surface area contributed by atoms with E-state index in [9.17, 15) is 4.79 Å². The number of anilines is 1. The number of fused-ring (bicyclic) bond motifs is 1. The van der Waals surface area contributed by atoms with Gasteiger partial charge in [-0.15, -0.1) is 0 Å². The molecule has 3 aromatic carbocycles. The van der Waals surface area contributed by atoms with Crippen molar-refractivity contribution in [2.45, 2.75) is 27.3 Å². The minimum Gasteiger partial charge on any atom is -0.279 e. The summed E-state index contributed by atoms with van der Waals surface area (Å²) in [5.41, 5.74) is 6.28. The summed E-state index contributed by atoms with van der Waals surface area (Å²) in [5, 5.41) is 0.731. The van der Waals surface area contributed by atoms with Gasteiger partial charge in [0.05, 0.1) is 16.8 Å². The zero-order valence-corrected chi connectivity index (χ0v) is 17.1. The van der Waals surface area contributed by atoms with Crippen molar-refractivity contribution in [1.29, 1.82) is 0 Å². The minimum atomic E-state index is -0.0312. The molecule has 0 saturated heterocycles. The number of aromatic nitrogens is 1. The first kappa shape index (κ1) is 18.4. The van der Waals surface area contributed by atoms with E-state index in [-0.39, 0.29) is 5.91 Å². The van der Waals surface area contributed by atoms with Gasteiger partial charge in [0, 0.05) is 5.56 Å². The van der Waals surface area contributed by atoms with Crippen LogP contribution >= 0.6 is 11.3 Å². The van der Waals surface area contributed by atoms with Gasteiger partial charge in [-0.1, -0.05) is 59.4 Å². The van der Waals surface area contributed by atoms with Gasteiger partial charge in [0.2, 0.25) is 0 Å². The first-order valence-corrected chi connectivity index (χ1v) is 10.1. The molecular weight excluding hydrogens is 364 g/mol. The lowest BCUT2D eigenvalue weighted by atomic mass is 10.1. The average molecular weight is 387 g/mol. The van der Waals surface area contributed by atoms with Gasteiger partial charge in [0.15, 0.2) is 5.13 Å². The highest BCUT2D eigenvalue weighted by Gasteiger charge is 2.22. The lowest BCUT2D eigenvalue weighted by molar-refractivity contribution is 0.0985. The molecule has 4 heteroatoms. The molecule has 28 heavy (non-hydrogen) atoms. The van der Waals surface area contributed by atoms with Gasteiger partial charge >= 0.3 is 0 Å². The van der Waals surface area contributed by atoms with Gasteiger partial charge in [0.1, 0.15) is 0 Å². The van der Waals surface area contributed by atoms with Crippen molar-refractivity contribution in [3.05, 3.63) is 94.5 Å². The summed E-state index contributed by atoms with van der Waals surface area (Å²) in [6.07, 6.45) is 0. The van der Waals surface area contributed by atoms with Crippen LogP contribution in [0.4, 0.5) is 5.13 Å². The number of nitrogens with zero attached hydrogens (tertiary/aromatic N) is 2. The summed E-state index contributed by atoms with van der Waals surface area (Å²) in [6.45, 7) is 6.71. The van der Waals surface area contributed by atoms with E-state index in [1.807, 2.05) is 61.5 Å². The molecule has 140 valence electrons. The van der Waals surface area contributed by atoms with Crippen LogP contribution in [0.5, 0.6) is 0 Å². The normalized spacial score (nSPS) is 11.0. The van der Waals surface area contributed by atoms with Crippen LogP contribution in [0.25, 0.3) is 10.2 Å². The van der Waals surface area contributed by atoms with Crippen molar-refractivity contribution < 1.29 is 4.79 Å². The third kappa shape index (κ3) is 3.69. The number of rotatable bonds is 4. The summed E-state index contributed by atoms with van der Waals surface area (Å²) >= 11 is 1.57. The van der Waals surface area contributed by atoms with Gasteiger partial charge in [-0.25, -0.2) is 4.98 Å². The molecule has 0 aliphatic rings. The van der Waals surface area contributed by atoms with Crippen molar-refractivity contribution in [2.24, 2.45) is 0 Å². The van der Waals surface area contributed by atoms with Gasteiger partial charge in [-0.2, -0.15) is 0 Å². The predicted molar refractivity (Wildman–Crippen MR) is 117 cm³/mol. The lowest BCUT2D eigenvalue weighted by Crippen LogP contribution is -2.30. The number of hydrogen-bond donors (Lipinski definition) is 0. The van der Waals surface area contributed by atoms with Crippen LogP contribution in [0.15, 0.2) is 66.7 Å². The molecule has 0 aliphatic heterocycles. The summed E-state index contributed by atoms with van der Waals surface area (Å²) in [5.74, 6) is -0.0312. The van der Waals surface area contributed by atoms with E-state index in [0.717, 1.165) is 26.5 Å². The molecule has 0 bridgehead atoms. The number of benzene rings is 3. The molecule has 0 radical (unpaired) electrons. The van der Waals surface area contributed by atoms with Gasteiger partial charge < -0.3 is 0 Å². The second-order valence-corrected chi connectivity index (χ2v) is 8.15. The molecule has 1 heterocycles. The monoisotopic (exact) mass is 386 g/mol. The van der Waals surface area contributed by atoms with E-state index in [4.69, 9.17) is 4.98 Å².